The van der Waals surface area contributed by atoms with Gasteiger partial charge in [-0.15, -0.1) is 0 Å². The van der Waals surface area contributed by atoms with Gasteiger partial charge in [0, 0.05) is 10.9 Å². The Bertz CT molecular complexity index is 1670. The number of aromatic amines is 1. The van der Waals surface area contributed by atoms with Crippen LogP contribution >= 0.6 is 0 Å². The predicted molar refractivity (Wildman–Crippen MR) is 139 cm³/mol. The zero-order valence-corrected chi connectivity index (χ0v) is 19.6. The Balaban J connectivity index is 1.67. The second kappa shape index (κ2) is 9.42. The number of amides is 1. The molecule has 0 aliphatic rings. The summed E-state index contributed by atoms with van der Waals surface area (Å²) in [5, 5.41) is 0.802. The van der Waals surface area contributed by atoms with Crippen molar-refractivity contribution in [2.45, 2.75) is 20.0 Å². The fourth-order valence-electron chi connectivity index (χ4n) is 4.28. The van der Waals surface area contributed by atoms with E-state index in [-0.39, 0.29) is 30.4 Å². The van der Waals surface area contributed by atoms with Crippen LogP contribution in [-0.4, -0.2) is 15.5 Å². The molecule has 3 aromatic carbocycles. The number of nitrogens with one attached hydrogen (secondary N) is 1. The van der Waals surface area contributed by atoms with Crippen LogP contribution in [0.25, 0.3) is 11.0 Å². The number of aromatic nitrogens is 2. The van der Waals surface area contributed by atoms with E-state index in [0.29, 0.717) is 11.1 Å². The molecule has 0 bridgehead atoms. The fraction of sp³-hybridized carbons (Fsp3) is 0.107. The molecule has 0 fully saturated rings. The first-order valence-corrected chi connectivity index (χ1v) is 11.4. The first-order chi connectivity index (χ1) is 17.4. The van der Waals surface area contributed by atoms with Crippen LogP contribution in [0, 0.1) is 6.92 Å². The summed E-state index contributed by atoms with van der Waals surface area (Å²) in [5.41, 5.74) is 7.73. The van der Waals surface area contributed by atoms with Crippen LogP contribution < -0.4 is 21.9 Å². The number of carbonyl (C=O) groups is 1. The van der Waals surface area contributed by atoms with Gasteiger partial charge < -0.3 is 10.2 Å². The Morgan fingerprint density at radius 1 is 0.917 bits per heavy atom. The SMILES string of the molecule is Cc1c(C(=O)N(Cc2ccccc2)c2c(N)n(Cc3ccccc3)c(=O)[nH]c2=O)oc2ccccc12. The number of H-pyrrole nitrogens is 1. The number of para-hydroxylation sites is 1. The van der Waals surface area contributed by atoms with Crippen molar-refractivity contribution in [3.05, 3.63) is 128 Å². The third-order valence-corrected chi connectivity index (χ3v) is 6.13. The van der Waals surface area contributed by atoms with Gasteiger partial charge in [0.15, 0.2) is 11.4 Å². The van der Waals surface area contributed by atoms with Crippen molar-refractivity contribution in [1.82, 2.24) is 9.55 Å². The molecule has 5 aromatic rings. The lowest BCUT2D eigenvalue weighted by Crippen LogP contribution is -2.41. The number of carbonyl (C=O) groups excluding carboxylic acids is 1. The van der Waals surface area contributed by atoms with Gasteiger partial charge in [-0.1, -0.05) is 78.9 Å². The lowest BCUT2D eigenvalue weighted by atomic mass is 10.1. The summed E-state index contributed by atoms with van der Waals surface area (Å²) in [6.07, 6.45) is 0. The fourth-order valence-corrected chi connectivity index (χ4v) is 4.28. The maximum Gasteiger partial charge on any atom is 0.330 e. The number of hydrogen-bond acceptors (Lipinski definition) is 5. The van der Waals surface area contributed by atoms with Gasteiger partial charge in [-0.25, -0.2) is 4.79 Å². The molecular weight excluding hydrogens is 456 g/mol. The quantitative estimate of drug-likeness (QED) is 0.380. The third-order valence-electron chi connectivity index (χ3n) is 6.13. The van der Waals surface area contributed by atoms with E-state index >= 15 is 0 Å². The van der Waals surface area contributed by atoms with Crippen molar-refractivity contribution in [3.63, 3.8) is 0 Å². The summed E-state index contributed by atoms with van der Waals surface area (Å²) in [5.74, 6) is -0.535. The number of hydrogen-bond donors (Lipinski definition) is 2. The number of rotatable bonds is 6. The average molecular weight is 481 g/mol. The highest BCUT2D eigenvalue weighted by atomic mass is 16.3. The van der Waals surface area contributed by atoms with Gasteiger partial charge >= 0.3 is 5.69 Å². The van der Waals surface area contributed by atoms with Crippen molar-refractivity contribution >= 4 is 28.4 Å². The summed E-state index contributed by atoms with van der Waals surface area (Å²) in [4.78, 5) is 43.4. The largest absolute Gasteiger partial charge is 0.451 e. The molecule has 5 rings (SSSR count). The van der Waals surface area contributed by atoms with E-state index in [0.717, 1.165) is 16.5 Å². The maximum atomic E-state index is 13.9. The minimum atomic E-state index is -0.750. The molecule has 0 unspecified atom stereocenters. The topological polar surface area (TPSA) is 114 Å². The Morgan fingerprint density at radius 2 is 1.53 bits per heavy atom. The van der Waals surface area contributed by atoms with Crippen LogP contribution in [0.15, 0.2) is 98.9 Å². The van der Waals surface area contributed by atoms with E-state index in [1.807, 2.05) is 78.9 Å². The van der Waals surface area contributed by atoms with Crippen molar-refractivity contribution in [1.29, 1.82) is 0 Å². The monoisotopic (exact) mass is 480 g/mol. The summed E-state index contributed by atoms with van der Waals surface area (Å²) in [6.45, 7) is 1.98. The molecule has 2 heterocycles. The summed E-state index contributed by atoms with van der Waals surface area (Å²) in [6, 6.07) is 25.8. The first kappa shape index (κ1) is 22.9. The van der Waals surface area contributed by atoms with Crippen LogP contribution in [0.2, 0.25) is 0 Å². The second-order valence-electron chi connectivity index (χ2n) is 8.49. The molecule has 8 heteroatoms. The highest BCUT2D eigenvalue weighted by Gasteiger charge is 2.29. The van der Waals surface area contributed by atoms with Gasteiger partial charge in [-0.05, 0) is 24.1 Å². The lowest BCUT2D eigenvalue weighted by molar-refractivity contribution is 0.0959. The number of nitrogens with zero attached hydrogens (tertiary/aromatic N) is 2. The Labute approximate surface area is 206 Å². The summed E-state index contributed by atoms with van der Waals surface area (Å²) in [7, 11) is 0. The van der Waals surface area contributed by atoms with Crippen LogP contribution in [0.5, 0.6) is 0 Å². The number of nitrogen functional groups attached to an aromatic ring is 1. The average Bonchev–Trinajstić information content (AvgIpc) is 3.23. The van der Waals surface area contributed by atoms with Crippen molar-refractivity contribution in [2.75, 3.05) is 10.6 Å². The van der Waals surface area contributed by atoms with Crippen molar-refractivity contribution < 1.29 is 9.21 Å². The molecule has 3 N–H and O–H groups in total. The van der Waals surface area contributed by atoms with E-state index in [1.165, 1.54) is 9.47 Å². The molecule has 0 aliphatic heterocycles. The number of nitrogens with two attached hydrogens (primary N) is 1. The first-order valence-electron chi connectivity index (χ1n) is 11.4. The van der Waals surface area contributed by atoms with Crippen LogP contribution in [0.1, 0.15) is 27.2 Å². The minimum absolute atomic E-state index is 0.0486. The van der Waals surface area contributed by atoms with E-state index in [9.17, 15) is 14.4 Å². The van der Waals surface area contributed by atoms with E-state index in [1.54, 1.807) is 13.0 Å². The standard InChI is InChI=1S/C28H24N4O4/c1-18-21-14-8-9-15-22(21)36-24(18)27(34)31(16-19-10-4-2-5-11-19)23-25(29)32(28(35)30-26(23)33)17-20-12-6-3-7-13-20/h2-15H,16-17,29H2,1H3,(H,30,33,35). The van der Waals surface area contributed by atoms with Gasteiger partial charge in [0.05, 0.1) is 13.1 Å². The van der Waals surface area contributed by atoms with Gasteiger partial charge in [0.25, 0.3) is 11.5 Å². The number of benzene rings is 3. The Kier molecular flexibility index (Phi) is 6.00. The molecule has 0 aliphatic carbocycles. The predicted octanol–water partition coefficient (Wildman–Crippen LogP) is 4.07. The van der Waals surface area contributed by atoms with Gasteiger partial charge in [-0.3, -0.25) is 24.0 Å². The molecule has 8 nitrogen and oxygen atoms in total. The van der Waals surface area contributed by atoms with Crippen molar-refractivity contribution in [2.24, 2.45) is 0 Å². The number of anilines is 2. The molecule has 0 atom stereocenters. The Morgan fingerprint density at radius 3 is 2.19 bits per heavy atom. The van der Waals surface area contributed by atoms with Crippen LogP contribution in [-0.2, 0) is 13.1 Å². The maximum absolute atomic E-state index is 13.9. The molecule has 0 saturated carbocycles. The molecule has 1 amide bonds. The van der Waals surface area contributed by atoms with Gasteiger partial charge in [0.1, 0.15) is 11.4 Å². The van der Waals surface area contributed by atoms with E-state index in [4.69, 9.17) is 10.2 Å². The van der Waals surface area contributed by atoms with Crippen LogP contribution in [0.4, 0.5) is 11.5 Å². The normalized spacial score (nSPS) is 11.0. The summed E-state index contributed by atoms with van der Waals surface area (Å²) < 4.78 is 7.17. The molecule has 36 heavy (non-hydrogen) atoms. The van der Waals surface area contributed by atoms with Crippen molar-refractivity contribution in [3.8, 4) is 0 Å². The molecule has 0 saturated heterocycles. The molecule has 180 valence electrons. The highest BCUT2D eigenvalue weighted by Crippen LogP contribution is 2.29. The third kappa shape index (κ3) is 4.20. The van der Waals surface area contributed by atoms with Gasteiger partial charge in [-0.2, -0.15) is 0 Å². The molecule has 0 radical (unpaired) electrons. The van der Waals surface area contributed by atoms with E-state index < -0.39 is 17.2 Å². The van der Waals surface area contributed by atoms with Gasteiger partial charge in [0.2, 0.25) is 0 Å². The highest BCUT2D eigenvalue weighted by molar-refractivity contribution is 6.08. The minimum Gasteiger partial charge on any atom is -0.451 e. The molecule has 0 spiro atoms. The van der Waals surface area contributed by atoms with E-state index in [2.05, 4.69) is 4.98 Å². The number of fused-ring (bicyclic) bond motifs is 1. The zero-order chi connectivity index (χ0) is 25.2. The zero-order valence-electron chi connectivity index (χ0n) is 19.6. The molecule has 2 aromatic heterocycles. The lowest BCUT2D eigenvalue weighted by Gasteiger charge is -2.24. The van der Waals surface area contributed by atoms with Crippen LogP contribution in [0.3, 0.4) is 0 Å². The number of aryl methyl sites for hydroxylation is 1. The Hall–Kier alpha value is -4.85. The second-order valence-corrected chi connectivity index (χ2v) is 8.49. The number of furan rings is 1. The molecular formula is C28H24N4O4. The summed E-state index contributed by atoms with van der Waals surface area (Å²) >= 11 is 0. The smallest absolute Gasteiger partial charge is 0.330 e.